The fourth-order valence-electron chi connectivity index (χ4n) is 2.50. The summed E-state index contributed by atoms with van der Waals surface area (Å²) in [6.07, 6.45) is 0.556. The third-order valence-corrected chi connectivity index (χ3v) is 4.86. The van der Waals surface area contributed by atoms with E-state index in [4.69, 9.17) is 9.47 Å². The predicted octanol–water partition coefficient (Wildman–Crippen LogP) is 0.966. The minimum Gasteiger partial charge on any atom is -0.481 e. The number of hydrogen-bond donors (Lipinski definition) is 0. The lowest BCUT2D eigenvalue weighted by Crippen LogP contribution is -2.32. The van der Waals surface area contributed by atoms with Crippen molar-refractivity contribution in [1.82, 2.24) is 9.55 Å². The molecule has 2 rings (SSSR count). The van der Waals surface area contributed by atoms with Crippen molar-refractivity contribution < 1.29 is 32.2 Å². The van der Waals surface area contributed by atoms with Crippen molar-refractivity contribution >= 4 is 21.8 Å². The Bertz CT molecular complexity index is 1080. The monoisotopic (exact) mass is 438 g/mol. The van der Waals surface area contributed by atoms with E-state index < -0.39 is 43.9 Å². The van der Waals surface area contributed by atoms with E-state index in [-0.39, 0.29) is 26.2 Å². The number of carbonyl (C=O) groups is 2. The zero-order valence-electron chi connectivity index (χ0n) is 16.8. The normalized spacial score (nSPS) is 11.0. The summed E-state index contributed by atoms with van der Waals surface area (Å²) in [5.74, 6) is -2.11. The number of hydrogen-bond acceptors (Lipinski definition) is 9. The van der Waals surface area contributed by atoms with E-state index in [1.807, 2.05) is 0 Å². The van der Waals surface area contributed by atoms with Crippen LogP contribution in [0.2, 0.25) is 0 Å². The van der Waals surface area contributed by atoms with Crippen LogP contribution in [0.1, 0.15) is 29.4 Å². The standard InChI is InChI=1S/C19H22N2O8S/c1-4-28-18(24)15-16(29-12-13-8-6-5-7-9-13)17(23)21(11-10-14(22)27-2)19(20-15)30(3,25)26/h5-9H,4,10-12H2,1-3H3. The molecule has 1 aromatic heterocycles. The summed E-state index contributed by atoms with van der Waals surface area (Å²) in [7, 11) is -2.86. The van der Waals surface area contributed by atoms with E-state index in [1.54, 1.807) is 37.3 Å². The number of sulfone groups is 1. The fraction of sp³-hybridized carbons (Fsp3) is 0.368. The van der Waals surface area contributed by atoms with Crippen LogP contribution in [0.25, 0.3) is 0 Å². The molecule has 0 atom stereocenters. The molecule has 0 saturated carbocycles. The number of nitrogens with zero attached hydrogens (tertiary/aromatic N) is 2. The Balaban J connectivity index is 2.61. The van der Waals surface area contributed by atoms with Crippen LogP contribution in [0.15, 0.2) is 40.3 Å². The smallest absolute Gasteiger partial charge is 0.361 e. The van der Waals surface area contributed by atoms with Crippen LogP contribution in [0.5, 0.6) is 5.75 Å². The summed E-state index contributed by atoms with van der Waals surface area (Å²) in [6, 6.07) is 8.83. The topological polar surface area (TPSA) is 131 Å². The molecule has 0 spiro atoms. The van der Waals surface area contributed by atoms with Gasteiger partial charge >= 0.3 is 11.9 Å². The minimum atomic E-state index is -4.03. The summed E-state index contributed by atoms with van der Waals surface area (Å²) in [5.41, 5.74) is -0.763. The second kappa shape index (κ2) is 10.0. The molecule has 11 heteroatoms. The van der Waals surface area contributed by atoms with Gasteiger partial charge in [-0.05, 0) is 12.5 Å². The van der Waals surface area contributed by atoms with Gasteiger partial charge < -0.3 is 14.2 Å². The first kappa shape index (κ1) is 23.1. The van der Waals surface area contributed by atoms with Crippen LogP contribution in [-0.4, -0.2) is 49.9 Å². The summed E-state index contributed by atoms with van der Waals surface area (Å²) in [6.45, 7) is 1.14. The molecule has 0 aliphatic rings. The van der Waals surface area contributed by atoms with Crippen molar-refractivity contribution in [3.8, 4) is 5.75 Å². The molecule has 0 aliphatic carbocycles. The molecule has 30 heavy (non-hydrogen) atoms. The lowest BCUT2D eigenvalue weighted by molar-refractivity contribution is -0.140. The first-order chi connectivity index (χ1) is 14.2. The second-order valence-corrected chi connectivity index (χ2v) is 8.03. The van der Waals surface area contributed by atoms with Crippen LogP contribution < -0.4 is 10.3 Å². The Morgan fingerprint density at radius 1 is 1.17 bits per heavy atom. The summed E-state index contributed by atoms with van der Waals surface area (Å²) < 4.78 is 40.2. The maximum absolute atomic E-state index is 13.1. The molecule has 0 N–H and O–H groups in total. The Labute approximate surface area is 173 Å². The van der Waals surface area contributed by atoms with Gasteiger partial charge in [-0.25, -0.2) is 18.2 Å². The van der Waals surface area contributed by atoms with Crippen LogP contribution in [-0.2, 0) is 37.3 Å². The quantitative estimate of drug-likeness (QED) is 0.415. The number of benzene rings is 1. The van der Waals surface area contributed by atoms with Crippen molar-refractivity contribution in [1.29, 1.82) is 0 Å². The largest absolute Gasteiger partial charge is 0.481 e. The molecule has 1 aromatic carbocycles. The first-order valence-corrected chi connectivity index (χ1v) is 10.8. The average molecular weight is 438 g/mol. The lowest BCUT2D eigenvalue weighted by Gasteiger charge is -2.15. The van der Waals surface area contributed by atoms with Gasteiger partial charge in [-0.1, -0.05) is 30.3 Å². The van der Waals surface area contributed by atoms with Gasteiger partial charge in [-0.3, -0.25) is 14.2 Å². The third-order valence-electron chi connectivity index (χ3n) is 3.89. The van der Waals surface area contributed by atoms with Crippen LogP contribution in [0, 0.1) is 0 Å². The maximum Gasteiger partial charge on any atom is 0.361 e. The number of ether oxygens (including phenoxy) is 3. The number of aromatic nitrogens is 2. The van der Waals surface area contributed by atoms with Crippen molar-refractivity contribution in [3.05, 3.63) is 51.9 Å². The molecule has 0 unspecified atom stereocenters. The Morgan fingerprint density at radius 2 is 1.83 bits per heavy atom. The molecule has 0 radical (unpaired) electrons. The summed E-state index contributed by atoms with van der Waals surface area (Å²) >= 11 is 0. The zero-order valence-corrected chi connectivity index (χ0v) is 17.6. The van der Waals surface area contributed by atoms with Crippen molar-refractivity contribution in [3.63, 3.8) is 0 Å². The fourth-order valence-corrected chi connectivity index (χ4v) is 3.33. The van der Waals surface area contributed by atoms with Gasteiger partial charge in [0.1, 0.15) is 6.61 Å². The van der Waals surface area contributed by atoms with Gasteiger partial charge in [0.25, 0.3) is 5.56 Å². The third kappa shape index (κ3) is 5.66. The van der Waals surface area contributed by atoms with Gasteiger partial charge in [0.15, 0.2) is 5.69 Å². The molecule has 2 aromatic rings. The van der Waals surface area contributed by atoms with Gasteiger partial charge in [0.2, 0.25) is 20.7 Å². The summed E-state index contributed by atoms with van der Waals surface area (Å²) in [5, 5.41) is -0.675. The second-order valence-electron chi connectivity index (χ2n) is 6.12. The molecule has 1 heterocycles. The van der Waals surface area contributed by atoms with Gasteiger partial charge in [-0.15, -0.1) is 0 Å². The Morgan fingerprint density at radius 3 is 2.40 bits per heavy atom. The van der Waals surface area contributed by atoms with E-state index in [9.17, 15) is 22.8 Å². The lowest BCUT2D eigenvalue weighted by atomic mass is 10.2. The molecular weight excluding hydrogens is 416 g/mol. The molecule has 0 aliphatic heterocycles. The molecule has 0 bridgehead atoms. The number of rotatable bonds is 9. The first-order valence-electron chi connectivity index (χ1n) is 8.94. The SMILES string of the molecule is CCOC(=O)c1nc(S(C)(=O)=O)n(CCC(=O)OC)c(=O)c1OCc1ccccc1. The average Bonchev–Trinajstić information content (AvgIpc) is 2.71. The highest BCUT2D eigenvalue weighted by Crippen LogP contribution is 2.18. The Kier molecular flexibility index (Phi) is 7.70. The highest BCUT2D eigenvalue weighted by molar-refractivity contribution is 7.90. The number of esters is 2. The van der Waals surface area contributed by atoms with Gasteiger partial charge in [0.05, 0.1) is 20.1 Å². The highest BCUT2D eigenvalue weighted by atomic mass is 32.2. The Hall–Kier alpha value is -3.21. The predicted molar refractivity (Wildman–Crippen MR) is 105 cm³/mol. The zero-order chi connectivity index (χ0) is 22.3. The summed E-state index contributed by atoms with van der Waals surface area (Å²) in [4.78, 5) is 40.8. The number of carbonyl (C=O) groups excluding carboxylic acids is 2. The molecule has 0 amide bonds. The van der Waals surface area contributed by atoms with Crippen LogP contribution in [0.4, 0.5) is 0 Å². The highest BCUT2D eigenvalue weighted by Gasteiger charge is 2.28. The van der Waals surface area contributed by atoms with E-state index in [2.05, 4.69) is 9.72 Å². The molecule has 10 nitrogen and oxygen atoms in total. The molecule has 0 saturated heterocycles. The molecule has 0 fully saturated rings. The van der Waals surface area contributed by atoms with Crippen LogP contribution >= 0.6 is 0 Å². The number of methoxy groups -OCH3 is 1. The van der Waals surface area contributed by atoms with E-state index >= 15 is 0 Å². The van der Waals surface area contributed by atoms with Crippen LogP contribution in [0.3, 0.4) is 0 Å². The molecular formula is C19H22N2O8S. The maximum atomic E-state index is 13.1. The van der Waals surface area contributed by atoms with E-state index in [1.165, 1.54) is 7.11 Å². The van der Waals surface area contributed by atoms with E-state index in [0.717, 1.165) is 10.8 Å². The minimum absolute atomic E-state index is 0.0156. The van der Waals surface area contributed by atoms with E-state index in [0.29, 0.717) is 5.56 Å². The van der Waals surface area contributed by atoms with Gasteiger partial charge in [-0.2, -0.15) is 0 Å². The van der Waals surface area contributed by atoms with Crippen molar-refractivity contribution in [2.75, 3.05) is 20.0 Å². The van der Waals surface area contributed by atoms with Gasteiger partial charge in [0, 0.05) is 12.8 Å². The molecule has 162 valence electrons. The van der Waals surface area contributed by atoms with Crippen molar-refractivity contribution in [2.24, 2.45) is 0 Å². The van der Waals surface area contributed by atoms with Crippen molar-refractivity contribution in [2.45, 2.75) is 31.7 Å².